The van der Waals surface area contributed by atoms with Gasteiger partial charge in [-0.25, -0.2) is 4.79 Å². The van der Waals surface area contributed by atoms with Crippen molar-refractivity contribution in [3.63, 3.8) is 0 Å². The SMILES string of the molecule is CC(=O)N[C@@H](CCC(N)=O)C(=O)N[C@@H](CC1CCCCC1)C(=O)N[C@@H](CC(=O)O)C(=O)N[C@@H](CC(C)C)C(=O)N[C@@H](Cc1ccc(Cl)c(Cl)c1)C(=O)O. The lowest BCUT2D eigenvalue weighted by Crippen LogP contribution is -2.59. The molecule has 18 heteroatoms. The number of carboxylic acids is 2. The number of benzene rings is 1. The maximum Gasteiger partial charge on any atom is 0.326 e. The molecule has 1 aromatic carbocycles. The molecule has 1 aromatic rings. The van der Waals surface area contributed by atoms with Gasteiger partial charge in [0.25, 0.3) is 0 Å². The number of amides is 6. The molecule has 0 bridgehead atoms. The second-order valence-electron chi connectivity index (χ2n) is 13.8. The molecule has 0 radical (unpaired) electrons. The van der Waals surface area contributed by atoms with E-state index in [2.05, 4.69) is 26.6 Å². The number of hydrogen-bond acceptors (Lipinski definition) is 8. The molecule has 5 atom stereocenters. The second-order valence-corrected chi connectivity index (χ2v) is 14.6. The molecule has 0 saturated heterocycles. The molecule has 1 aliphatic rings. The van der Waals surface area contributed by atoms with Gasteiger partial charge in [-0.2, -0.15) is 0 Å². The predicted molar refractivity (Wildman–Crippen MR) is 194 cm³/mol. The van der Waals surface area contributed by atoms with Gasteiger partial charge in [-0.15, -0.1) is 0 Å². The minimum Gasteiger partial charge on any atom is -0.481 e. The maximum atomic E-state index is 13.8. The van der Waals surface area contributed by atoms with Gasteiger partial charge >= 0.3 is 11.9 Å². The van der Waals surface area contributed by atoms with Crippen LogP contribution in [0, 0.1) is 11.8 Å². The van der Waals surface area contributed by atoms with Crippen LogP contribution in [0.4, 0.5) is 0 Å². The number of aliphatic carboxylic acids is 2. The van der Waals surface area contributed by atoms with Gasteiger partial charge in [0.05, 0.1) is 16.5 Å². The van der Waals surface area contributed by atoms with E-state index in [-0.39, 0.29) is 54.0 Å². The normalized spacial score (nSPS) is 15.9. The Morgan fingerprint density at radius 3 is 1.85 bits per heavy atom. The summed E-state index contributed by atoms with van der Waals surface area (Å²) in [6, 6.07) is -2.44. The summed E-state index contributed by atoms with van der Waals surface area (Å²) < 4.78 is 0. The summed E-state index contributed by atoms with van der Waals surface area (Å²) in [5.74, 6) is -7.81. The number of carbonyl (C=O) groups excluding carboxylic acids is 6. The van der Waals surface area contributed by atoms with Crippen LogP contribution in [-0.2, 0) is 44.8 Å². The van der Waals surface area contributed by atoms with E-state index >= 15 is 0 Å². The van der Waals surface area contributed by atoms with Gasteiger partial charge < -0.3 is 42.5 Å². The van der Waals surface area contributed by atoms with E-state index in [1.54, 1.807) is 19.9 Å². The smallest absolute Gasteiger partial charge is 0.326 e. The van der Waals surface area contributed by atoms with Crippen LogP contribution in [0.25, 0.3) is 0 Å². The number of halogens is 2. The lowest BCUT2D eigenvalue weighted by atomic mass is 9.84. The Bertz CT molecular complexity index is 1500. The zero-order chi connectivity index (χ0) is 39.8. The number of carboxylic acid groups (broad SMARTS) is 2. The highest BCUT2D eigenvalue weighted by Crippen LogP contribution is 2.28. The molecule has 0 aromatic heterocycles. The molecule has 1 fully saturated rings. The predicted octanol–water partition coefficient (Wildman–Crippen LogP) is 1.82. The van der Waals surface area contributed by atoms with Crippen molar-refractivity contribution in [1.29, 1.82) is 0 Å². The number of hydrogen-bond donors (Lipinski definition) is 8. The van der Waals surface area contributed by atoms with Crippen LogP contribution in [0.1, 0.15) is 90.5 Å². The molecule has 1 saturated carbocycles. The molecule has 2 rings (SSSR count). The van der Waals surface area contributed by atoms with Gasteiger partial charge in [0.2, 0.25) is 35.4 Å². The van der Waals surface area contributed by atoms with E-state index in [0.29, 0.717) is 5.56 Å². The monoisotopic (exact) mass is 784 g/mol. The first kappa shape index (κ1) is 44.7. The average molecular weight is 786 g/mol. The molecule has 0 heterocycles. The molecule has 0 spiro atoms. The Balaban J connectivity index is 2.31. The summed E-state index contributed by atoms with van der Waals surface area (Å²) in [5.41, 5.74) is 5.70. The van der Waals surface area contributed by atoms with Crippen molar-refractivity contribution in [1.82, 2.24) is 26.6 Å². The number of nitrogens with one attached hydrogen (secondary N) is 5. The molecular weight excluding hydrogens is 735 g/mol. The summed E-state index contributed by atoms with van der Waals surface area (Å²) in [4.78, 5) is 101. The Hall–Kier alpha value is -4.44. The van der Waals surface area contributed by atoms with Gasteiger partial charge in [0.1, 0.15) is 30.2 Å². The summed E-state index contributed by atoms with van der Waals surface area (Å²) in [6.45, 7) is 4.68. The van der Waals surface area contributed by atoms with Crippen molar-refractivity contribution in [2.24, 2.45) is 17.6 Å². The topological polar surface area (TPSA) is 263 Å². The zero-order valence-corrected chi connectivity index (χ0v) is 31.6. The number of carbonyl (C=O) groups is 8. The van der Waals surface area contributed by atoms with Gasteiger partial charge in [0.15, 0.2) is 0 Å². The largest absolute Gasteiger partial charge is 0.481 e. The van der Waals surface area contributed by atoms with Crippen LogP contribution in [0.5, 0.6) is 0 Å². The third-order valence-electron chi connectivity index (χ3n) is 8.69. The van der Waals surface area contributed by atoms with Crippen LogP contribution in [0.15, 0.2) is 18.2 Å². The highest BCUT2D eigenvalue weighted by atomic mass is 35.5. The number of nitrogens with two attached hydrogens (primary N) is 1. The Morgan fingerprint density at radius 2 is 1.30 bits per heavy atom. The molecule has 53 heavy (non-hydrogen) atoms. The quantitative estimate of drug-likeness (QED) is 0.0897. The highest BCUT2D eigenvalue weighted by Gasteiger charge is 2.35. The first-order valence-corrected chi connectivity index (χ1v) is 18.3. The second kappa shape index (κ2) is 21.9. The van der Waals surface area contributed by atoms with E-state index in [0.717, 1.165) is 32.1 Å². The van der Waals surface area contributed by atoms with Crippen LogP contribution in [0.3, 0.4) is 0 Å². The molecule has 6 amide bonds. The molecule has 0 unspecified atom stereocenters. The van der Waals surface area contributed by atoms with Crippen molar-refractivity contribution in [3.05, 3.63) is 33.8 Å². The number of rotatable bonds is 21. The number of primary amides is 1. The molecule has 16 nitrogen and oxygen atoms in total. The first-order chi connectivity index (χ1) is 24.9. The van der Waals surface area contributed by atoms with E-state index in [9.17, 15) is 48.6 Å². The van der Waals surface area contributed by atoms with Crippen LogP contribution in [0.2, 0.25) is 10.0 Å². The van der Waals surface area contributed by atoms with Gasteiger partial charge in [0, 0.05) is 19.8 Å². The first-order valence-electron chi connectivity index (χ1n) is 17.5. The summed E-state index contributed by atoms with van der Waals surface area (Å²) in [7, 11) is 0. The minimum absolute atomic E-state index is 0.0154. The maximum absolute atomic E-state index is 13.8. The molecule has 9 N–H and O–H groups in total. The Labute approximate surface area is 318 Å². The van der Waals surface area contributed by atoms with Crippen molar-refractivity contribution in [3.8, 4) is 0 Å². The molecule has 0 aliphatic heterocycles. The zero-order valence-electron chi connectivity index (χ0n) is 30.0. The fourth-order valence-electron chi connectivity index (χ4n) is 6.07. The third-order valence-corrected chi connectivity index (χ3v) is 9.43. The van der Waals surface area contributed by atoms with Crippen molar-refractivity contribution in [2.45, 2.75) is 122 Å². The summed E-state index contributed by atoms with van der Waals surface area (Å²) in [6.07, 6.45) is 3.09. The molecular formula is C35H50Cl2N6O10. The average Bonchev–Trinajstić information content (AvgIpc) is 3.06. The van der Waals surface area contributed by atoms with Crippen molar-refractivity contribution in [2.75, 3.05) is 0 Å². The summed E-state index contributed by atoms with van der Waals surface area (Å²) in [5, 5.41) is 32.3. The highest BCUT2D eigenvalue weighted by molar-refractivity contribution is 6.42. The summed E-state index contributed by atoms with van der Waals surface area (Å²) >= 11 is 12.0. The van der Waals surface area contributed by atoms with Gasteiger partial charge in [-0.1, -0.05) is 75.2 Å². The fraction of sp³-hybridized carbons (Fsp3) is 0.600. The lowest BCUT2D eigenvalue weighted by molar-refractivity contribution is -0.143. The van der Waals surface area contributed by atoms with Gasteiger partial charge in [-0.3, -0.25) is 33.6 Å². The van der Waals surface area contributed by atoms with Crippen molar-refractivity contribution < 1.29 is 48.6 Å². The Morgan fingerprint density at radius 1 is 0.755 bits per heavy atom. The van der Waals surface area contributed by atoms with Crippen LogP contribution in [-0.4, -0.2) is 87.8 Å². The van der Waals surface area contributed by atoms with E-state index in [1.165, 1.54) is 19.1 Å². The van der Waals surface area contributed by atoms with E-state index < -0.39 is 84.0 Å². The van der Waals surface area contributed by atoms with E-state index in [4.69, 9.17) is 28.9 Å². The Kier molecular flexibility index (Phi) is 18.5. The fourth-order valence-corrected chi connectivity index (χ4v) is 6.39. The molecule has 1 aliphatic carbocycles. The minimum atomic E-state index is -1.71. The lowest BCUT2D eigenvalue weighted by Gasteiger charge is -2.29. The van der Waals surface area contributed by atoms with Crippen LogP contribution < -0.4 is 32.3 Å². The third kappa shape index (κ3) is 16.4. The standard InChI is InChI=1S/C35H50Cl2N6O10/c1-18(2)13-25(32(49)43-28(35(52)53)16-21-9-10-22(36)23(37)14-21)40-34(51)27(17-30(46)47)42-33(50)26(15-20-7-5-4-6-8-20)41-31(48)24(39-19(3)44)11-12-29(38)45/h9-10,14,18,20,24-28H,4-8,11-13,15-17H2,1-3H3,(H2,38,45)(H,39,44)(H,40,51)(H,41,48)(H,42,50)(H,43,49)(H,46,47)(H,52,53)/t24-,25-,26-,27-,28-/m0/s1. The molecule has 294 valence electrons. The van der Waals surface area contributed by atoms with Crippen LogP contribution >= 0.6 is 23.2 Å². The van der Waals surface area contributed by atoms with E-state index in [1.807, 2.05) is 0 Å². The van der Waals surface area contributed by atoms with Crippen molar-refractivity contribution >= 4 is 70.6 Å². The van der Waals surface area contributed by atoms with Gasteiger partial charge in [-0.05, 0) is 48.8 Å².